The zero-order valence-corrected chi connectivity index (χ0v) is 18.5. The van der Waals surface area contributed by atoms with Crippen molar-refractivity contribution in [2.75, 3.05) is 31.0 Å². The second-order valence-electron chi connectivity index (χ2n) is 8.95. The van der Waals surface area contributed by atoms with E-state index in [0.29, 0.717) is 35.8 Å². The summed E-state index contributed by atoms with van der Waals surface area (Å²) in [5.74, 6) is 0.893. The van der Waals surface area contributed by atoms with Gasteiger partial charge in [-0.05, 0) is 72.1 Å². The summed E-state index contributed by atoms with van der Waals surface area (Å²) in [6, 6.07) is 8.70. The number of benzene rings is 2. The number of hydrogen-bond donors (Lipinski definition) is 2. The molecule has 0 spiro atoms. The minimum Gasteiger partial charge on any atom is -0.492 e. The van der Waals surface area contributed by atoms with Gasteiger partial charge in [0.15, 0.2) is 0 Å². The van der Waals surface area contributed by atoms with Crippen LogP contribution in [0.5, 0.6) is 5.75 Å². The maximum absolute atomic E-state index is 14.1. The molecule has 1 saturated carbocycles. The fourth-order valence-electron chi connectivity index (χ4n) is 5.09. The van der Waals surface area contributed by atoms with Crippen molar-refractivity contribution in [3.05, 3.63) is 52.8 Å². The lowest BCUT2D eigenvalue weighted by Gasteiger charge is -2.22. The van der Waals surface area contributed by atoms with E-state index in [2.05, 4.69) is 23.5 Å². The second kappa shape index (κ2) is 8.02. The molecule has 2 aromatic rings. The van der Waals surface area contributed by atoms with Crippen LogP contribution in [0.2, 0.25) is 0 Å². The Labute approximate surface area is 186 Å². The number of anilines is 1. The molecule has 2 N–H and O–H groups in total. The Morgan fingerprint density at radius 3 is 2.84 bits per heavy atom. The van der Waals surface area contributed by atoms with E-state index in [0.717, 1.165) is 42.1 Å². The van der Waals surface area contributed by atoms with Crippen molar-refractivity contribution in [1.29, 1.82) is 0 Å². The fourth-order valence-corrected chi connectivity index (χ4v) is 5.94. The smallest absolute Gasteiger partial charge is 0.341 e. The number of aromatic carboxylic acids is 1. The molecule has 5 nitrogen and oxygen atoms in total. The van der Waals surface area contributed by atoms with Crippen LogP contribution < -0.4 is 9.46 Å². The number of fused-ring (bicyclic) bond motifs is 3. The van der Waals surface area contributed by atoms with E-state index < -0.39 is 5.97 Å². The van der Waals surface area contributed by atoms with Crippen molar-refractivity contribution in [2.45, 2.75) is 37.0 Å². The second-order valence-corrected chi connectivity index (χ2v) is 9.80. The Balaban J connectivity index is 1.43. The quantitative estimate of drug-likeness (QED) is 0.600. The van der Waals surface area contributed by atoms with Crippen LogP contribution in [0.3, 0.4) is 0 Å². The maximum atomic E-state index is 14.1. The molecule has 5 rings (SSSR count). The highest BCUT2D eigenvalue weighted by atomic mass is 32.2. The van der Waals surface area contributed by atoms with Gasteiger partial charge in [-0.1, -0.05) is 19.9 Å². The lowest BCUT2D eigenvalue weighted by atomic mass is 9.90. The van der Waals surface area contributed by atoms with Gasteiger partial charge in [0, 0.05) is 29.8 Å². The molecule has 1 aliphatic carbocycles. The summed E-state index contributed by atoms with van der Waals surface area (Å²) in [4.78, 5) is 15.4. The summed E-state index contributed by atoms with van der Waals surface area (Å²) < 4.78 is 23.2. The highest BCUT2D eigenvalue weighted by molar-refractivity contribution is 8.00. The van der Waals surface area contributed by atoms with Gasteiger partial charge in [-0.15, -0.1) is 0 Å². The summed E-state index contributed by atoms with van der Waals surface area (Å²) in [5.41, 5.74) is 2.68. The van der Waals surface area contributed by atoms with Crippen LogP contribution >= 0.6 is 11.9 Å². The number of hydrogen-bond acceptors (Lipinski definition) is 5. The Morgan fingerprint density at radius 2 is 2.10 bits per heavy atom. The van der Waals surface area contributed by atoms with Crippen molar-refractivity contribution in [3.8, 4) is 5.75 Å². The first kappa shape index (κ1) is 20.6. The van der Waals surface area contributed by atoms with Gasteiger partial charge in [-0.25, -0.2) is 9.18 Å². The molecule has 31 heavy (non-hydrogen) atoms. The number of halogens is 1. The van der Waals surface area contributed by atoms with E-state index in [-0.39, 0.29) is 17.3 Å². The Bertz CT molecular complexity index is 1030. The van der Waals surface area contributed by atoms with E-state index in [4.69, 9.17) is 4.74 Å². The normalized spacial score (nSPS) is 26.7. The fraction of sp³-hybridized carbons (Fsp3) is 0.458. The summed E-state index contributed by atoms with van der Waals surface area (Å²) in [6.07, 6.45) is 1.07. The SMILES string of the molecule is CCN1CC(C)C(c2cc(F)ccc2SNc2ccc3c(c2C(=O)O)OC[C@@H]2CC32)C1. The predicted molar refractivity (Wildman–Crippen MR) is 120 cm³/mol. The molecule has 3 unspecified atom stereocenters. The Hall–Kier alpha value is -2.25. The van der Waals surface area contributed by atoms with Gasteiger partial charge in [-0.2, -0.15) is 0 Å². The van der Waals surface area contributed by atoms with Crippen LogP contribution in [-0.4, -0.2) is 42.2 Å². The lowest BCUT2D eigenvalue weighted by molar-refractivity contribution is 0.0692. The lowest BCUT2D eigenvalue weighted by Crippen LogP contribution is -2.19. The van der Waals surface area contributed by atoms with Crippen molar-refractivity contribution >= 4 is 23.6 Å². The van der Waals surface area contributed by atoms with E-state index in [1.54, 1.807) is 12.1 Å². The monoisotopic (exact) mass is 442 g/mol. The van der Waals surface area contributed by atoms with Gasteiger partial charge < -0.3 is 19.5 Å². The number of nitrogens with zero attached hydrogens (tertiary/aromatic N) is 1. The predicted octanol–water partition coefficient (Wildman–Crippen LogP) is 5.19. The molecule has 164 valence electrons. The Morgan fingerprint density at radius 1 is 1.26 bits per heavy atom. The third-order valence-electron chi connectivity index (χ3n) is 6.94. The van der Waals surface area contributed by atoms with Crippen LogP contribution in [-0.2, 0) is 0 Å². The third-order valence-corrected chi connectivity index (χ3v) is 7.86. The molecule has 1 saturated heterocycles. The van der Waals surface area contributed by atoms with E-state index in [1.807, 2.05) is 12.1 Å². The average molecular weight is 443 g/mol. The molecule has 0 aromatic heterocycles. The van der Waals surface area contributed by atoms with Crippen LogP contribution in [0.1, 0.15) is 53.6 Å². The van der Waals surface area contributed by atoms with Gasteiger partial charge >= 0.3 is 5.97 Å². The number of ether oxygens (including phenoxy) is 1. The zero-order chi connectivity index (χ0) is 21.7. The number of rotatable bonds is 6. The highest BCUT2D eigenvalue weighted by Crippen LogP contribution is 2.55. The third kappa shape index (κ3) is 3.78. The molecule has 0 radical (unpaired) electrons. The molecule has 2 aromatic carbocycles. The number of likely N-dealkylation sites (N-methyl/N-ethyl adjacent to an activating group) is 1. The van der Waals surface area contributed by atoms with Crippen molar-refractivity contribution in [1.82, 2.24) is 4.90 Å². The van der Waals surface area contributed by atoms with Crippen LogP contribution in [0.4, 0.5) is 10.1 Å². The van der Waals surface area contributed by atoms with E-state index in [9.17, 15) is 14.3 Å². The molecule has 7 heteroatoms. The van der Waals surface area contributed by atoms with E-state index in [1.165, 1.54) is 18.0 Å². The molecule has 2 heterocycles. The van der Waals surface area contributed by atoms with Gasteiger partial charge in [0.25, 0.3) is 0 Å². The molecule has 2 aliphatic heterocycles. The molecule has 4 atom stereocenters. The summed E-state index contributed by atoms with van der Waals surface area (Å²) in [5, 5.41) is 9.89. The first-order valence-electron chi connectivity index (χ1n) is 10.9. The molecule has 0 amide bonds. The number of carboxylic acids is 1. The van der Waals surface area contributed by atoms with Gasteiger partial charge in [0.1, 0.15) is 17.1 Å². The van der Waals surface area contributed by atoms with Crippen molar-refractivity contribution in [2.24, 2.45) is 11.8 Å². The molecule has 0 bridgehead atoms. The number of carboxylic acid groups (broad SMARTS) is 1. The van der Waals surface area contributed by atoms with E-state index >= 15 is 0 Å². The molecular weight excluding hydrogens is 415 g/mol. The van der Waals surface area contributed by atoms with Crippen LogP contribution in [0, 0.1) is 17.7 Å². The number of carbonyl (C=O) groups is 1. The molecule has 2 fully saturated rings. The first-order chi connectivity index (χ1) is 15.0. The Kier molecular flexibility index (Phi) is 5.34. The standard InChI is InChI=1S/C24H27FN2O3S/c1-3-27-10-13(2)19(11-27)18-9-15(25)4-7-21(18)31-26-20-6-5-16-17-8-14(17)12-30-23(16)22(20)24(28)29/h4-7,9,13-14,17,19,26H,3,8,10-12H2,1-2H3,(H,28,29)/t13?,14-,17?,19?/m0/s1. The van der Waals surface area contributed by atoms with Gasteiger partial charge in [0.05, 0.1) is 12.3 Å². The minimum absolute atomic E-state index is 0.186. The van der Waals surface area contributed by atoms with Gasteiger partial charge in [0.2, 0.25) is 0 Å². The highest BCUT2D eigenvalue weighted by Gasteiger charge is 2.45. The molecular formula is C24H27FN2O3S. The van der Waals surface area contributed by atoms with Gasteiger partial charge in [-0.3, -0.25) is 0 Å². The maximum Gasteiger partial charge on any atom is 0.341 e. The largest absolute Gasteiger partial charge is 0.492 e. The first-order valence-corrected chi connectivity index (χ1v) is 11.8. The van der Waals surface area contributed by atoms with Crippen LogP contribution in [0.15, 0.2) is 35.2 Å². The topological polar surface area (TPSA) is 61.8 Å². The summed E-state index contributed by atoms with van der Waals surface area (Å²) in [7, 11) is 0. The minimum atomic E-state index is -0.999. The van der Waals surface area contributed by atoms with Crippen LogP contribution in [0.25, 0.3) is 0 Å². The number of likely N-dealkylation sites (tertiary alicyclic amines) is 1. The summed E-state index contributed by atoms with van der Waals surface area (Å²) in [6.45, 7) is 7.84. The summed E-state index contributed by atoms with van der Waals surface area (Å²) >= 11 is 1.35. The van der Waals surface area contributed by atoms with Crippen molar-refractivity contribution < 1.29 is 19.0 Å². The number of nitrogens with one attached hydrogen (secondary N) is 1. The zero-order valence-electron chi connectivity index (χ0n) is 17.7. The van der Waals surface area contributed by atoms with Crippen molar-refractivity contribution in [3.63, 3.8) is 0 Å². The average Bonchev–Trinajstić information content (AvgIpc) is 3.46. The molecule has 3 aliphatic rings.